The van der Waals surface area contributed by atoms with Crippen molar-refractivity contribution >= 4 is 0 Å². The lowest BCUT2D eigenvalue weighted by Gasteiger charge is -2.00. The third kappa shape index (κ3) is 7.62. The number of pyridine rings is 1. The van der Waals surface area contributed by atoms with E-state index in [0.717, 1.165) is 11.5 Å². The summed E-state index contributed by atoms with van der Waals surface area (Å²) in [4.78, 5) is 12.3. The summed E-state index contributed by atoms with van der Waals surface area (Å²) in [6.07, 6.45) is 5.36. The van der Waals surface area contributed by atoms with E-state index in [1.807, 2.05) is 44.3 Å². The summed E-state index contributed by atoms with van der Waals surface area (Å²) in [5.74, 6) is 1.90. The number of hydrogen-bond acceptors (Lipinski definition) is 3. The van der Waals surface area contributed by atoms with Gasteiger partial charge in [-0.15, -0.1) is 0 Å². The van der Waals surface area contributed by atoms with Gasteiger partial charge in [-0.1, -0.05) is 47.6 Å². The van der Waals surface area contributed by atoms with Crippen molar-refractivity contribution in [3.63, 3.8) is 0 Å². The number of hydrogen-bond donors (Lipinski definition) is 0. The average molecular weight is 273 g/mol. The molecule has 110 valence electrons. The number of aromatic nitrogens is 3. The van der Waals surface area contributed by atoms with Crippen molar-refractivity contribution in [3.05, 3.63) is 54.4 Å². The summed E-state index contributed by atoms with van der Waals surface area (Å²) >= 11 is 0. The van der Waals surface area contributed by atoms with Gasteiger partial charge >= 0.3 is 0 Å². The van der Waals surface area contributed by atoms with Gasteiger partial charge in [0.2, 0.25) is 0 Å². The van der Waals surface area contributed by atoms with Crippen LogP contribution in [0.1, 0.15) is 64.9 Å². The minimum atomic E-state index is 0.436. The smallest absolute Gasteiger partial charge is 0.130 e. The highest BCUT2D eigenvalue weighted by Crippen LogP contribution is 2.08. The van der Waals surface area contributed by atoms with E-state index in [-0.39, 0.29) is 0 Å². The van der Waals surface area contributed by atoms with E-state index in [9.17, 15) is 0 Å². The van der Waals surface area contributed by atoms with E-state index in [1.165, 1.54) is 0 Å². The second-order valence-corrected chi connectivity index (χ2v) is 4.67. The first-order chi connectivity index (χ1) is 9.61. The molecule has 0 saturated carbocycles. The molecule has 0 bridgehead atoms. The summed E-state index contributed by atoms with van der Waals surface area (Å²) in [6, 6.07) is 7.82. The first-order valence-corrected chi connectivity index (χ1v) is 7.29. The fourth-order valence-electron chi connectivity index (χ4n) is 1.33. The molecule has 0 N–H and O–H groups in total. The minimum absolute atomic E-state index is 0.436. The molecular weight excluding hydrogens is 246 g/mol. The zero-order valence-corrected chi connectivity index (χ0v) is 13.5. The molecule has 0 radical (unpaired) electrons. The second kappa shape index (κ2) is 11.1. The Morgan fingerprint density at radius 1 is 0.700 bits per heavy atom. The van der Waals surface area contributed by atoms with Crippen LogP contribution in [0, 0.1) is 0 Å². The van der Waals surface area contributed by atoms with Gasteiger partial charge in [0.25, 0.3) is 0 Å². The molecule has 0 atom stereocenters. The fourth-order valence-corrected chi connectivity index (χ4v) is 1.33. The highest BCUT2D eigenvalue weighted by atomic mass is 14.9. The first-order valence-electron chi connectivity index (χ1n) is 7.29. The predicted molar refractivity (Wildman–Crippen MR) is 85.8 cm³/mol. The van der Waals surface area contributed by atoms with Crippen molar-refractivity contribution in [2.24, 2.45) is 0 Å². The molecule has 0 aliphatic heterocycles. The second-order valence-electron chi connectivity index (χ2n) is 4.67. The first kappa shape index (κ1) is 18.2. The summed E-state index contributed by atoms with van der Waals surface area (Å²) < 4.78 is 0. The Hall–Kier alpha value is -1.77. The zero-order chi connectivity index (χ0) is 15.4. The molecular formula is C17H27N3. The van der Waals surface area contributed by atoms with Crippen LogP contribution in [-0.4, -0.2) is 15.0 Å². The van der Waals surface area contributed by atoms with Gasteiger partial charge < -0.3 is 0 Å². The molecule has 2 aromatic heterocycles. The molecule has 0 spiro atoms. The van der Waals surface area contributed by atoms with Crippen LogP contribution in [0.2, 0.25) is 0 Å². The summed E-state index contributed by atoms with van der Waals surface area (Å²) in [7, 11) is 0. The van der Waals surface area contributed by atoms with Crippen LogP contribution in [0.25, 0.3) is 0 Å². The fraction of sp³-hybridized carbons (Fsp3) is 0.471. The Labute approximate surface area is 123 Å². The molecule has 0 aliphatic carbocycles. The van der Waals surface area contributed by atoms with Gasteiger partial charge in [0.15, 0.2) is 0 Å². The van der Waals surface area contributed by atoms with Crippen LogP contribution in [0.15, 0.2) is 42.9 Å². The molecule has 3 heteroatoms. The SMILES string of the molecule is CC.CC(C)c1ccccn1.CC(C)c1ncccn1. The topological polar surface area (TPSA) is 38.7 Å². The Morgan fingerprint density at radius 2 is 1.25 bits per heavy atom. The summed E-state index contributed by atoms with van der Waals surface area (Å²) in [5, 5.41) is 0. The number of nitrogens with zero attached hydrogens (tertiary/aromatic N) is 3. The molecule has 2 aromatic rings. The van der Waals surface area contributed by atoms with Gasteiger partial charge in [0.1, 0.15) is 5.82 Å². The van der Waals surface area contributed by atoms with Crippen molar-refractivity contribution in [2.45, 2.75) is 53.4 Å². The van der Waals surface area contributed by atoms with Crippen LogP contribution in [0.4, 0.5) is 0 Å². The molecule has 3 nitrogen and oxygen atoms in total. The minimum Gasteiger partial charge on any atom is -0.261 e. The molecule has 0 fully saturated rings. The van der Waals surface area contributed by atoms with Crippen LogP contribution in [-0.2, 0) is 0 Å². The normalized spacial score (nSPS) is 9.40. The molecule has 0 aromatic carbocycles. The standard InChI is InChI=1S/C8H11N.C7H10N2.C2H6/c1-7(2)8-5-3-4-6-9-8;1-6(2)7-8-4-3-5-9-7;1-2/h3-7H,1-2H3;3-6H,1-2H3;1-2H3. The lowest BCUT2D eigenvalue weighted by atomic mass is 10.1. The zero-order valence-electron chi connectivity index (χ0n) is 13.5. The van der Waals surface area contributed by atoms with Gasteiger partial charge in [-0.3, -0.25) is 4.98 Å². The van der Waals surface area contributed by atoms with E-state index in [1.54, 1.807) is 12.4 Å². The lowest BCUT2D eigenvalue weighted by Crippen LogP contribution is -1.93. The third-order valence-corrected chi connectivity index (χ3v) is 2.38. The van der Waals surface area contributed by atoms with Crippen molar-refractivity contribution < 1.29 is 0 Å². The third-order valence-electron chi connectivity index (χ3n) is 2.38. The van der Waals surface area contributed by atoms with Crippen LogP contribution in [0.5, 0.6) is 0 Å². The van der Waals surface area contributed by atoms with Crippen LogP contribution in [0.3, 0.4) is 0 Å². The maximum atomic E-state index is 4.18. The van der Waals surface area contributed by atoms with E-state index in [4.69, 9.17) is 0 Å². The molecule has 2 rings (SSSR count). The Bertz CT molecular complexity index is 381. The molecule has 0 unspecified atom stereocenters. The Morgan fingerprint density at radius 3 is 1.55 bits per heavy atom. The molecule has 20 heavy (non-hydrogen) atoms. The van der Waals surface area contributed by atoms with E-state index in [0.29, 0.717) is 11.8 Å². The van der Waals surface area contributed by atoms with Crippen LogP contribution < -0.4 is 0 Å². The van der Waals surface area contributed by atoms with Crippen molar-refractivity contribution in [1.29, 1.82) is 0 Å². The molecule has 0 amide bonds. The summed E-state index contributed by atoms with van der Waals surface area (Å²) in [5.41, 5.74) is 1.16. The highest BCUT2D eigenvalue weighted by Gasteiger charge is 1.97. The lowest BCUT2D eigenvalue weighted by molar-refractivity contribution is 0.774. The monoisotopic (exact) mass is 273 g/mol. The maximum absolute atomic E-state index is 4.18. The maximum Gasteiger partial charge on any atom is 0.130 e. The quantitative estimate of drug-likeness (QED) is 0.786. The van der Waals surface area contributed by atoms with Crippen molar-refractivity contribution in [1.82, 2.24) is 15.0 Å². The molecule has 2 heterocycles. The van der Waals surface area contributed by atoms with Crippen molar-refractivity contribution in [2.75, 3.05) is 0 Å². The predicted octanol–water partition coefficient (Wildman–Crippen LogP) is 4.83. The van der Waals surface area contributed by atoms with Gasteiger partial charge in [0.05, 0.1) is 0 Å². The van der Waals surface area contributed by atoms with Gasteiger partial charge in [-0.05, 0) is 24.1 Å². The molecule has 0 aliphatic rings. The van der Waals surface area contributed by atoms with E-state index >= 15 is 0 Å². The molecule has 0 saturated heterocycles. The average Bonchev–Trinajstić information content (AvgIpc) is 2.51. The highest BCUT2D eigenvalue weighted by molar-refractivity contribution is 5.06. The largest absolute Gasteiger partial charge is 0.261 e. The van der Waals surface area contributed by atoms with Crippen LogP contribution >= 0.6 is 0 Å². The van der Waals surface area contributed by atoms with E-state index < -0.39 is 0 Å². The number of rotatable bonds is 2. The van der Waals surface area contributed by atoms with Gasteiger partial charge in [-0.25, -0.2) is 9.97 Å². The summed E-state index contributed by atoms with van der Waals surface area (Å²) in [6.45, 7) is 12.4. The van der Waals surface area contributed by atoms with E-state index in [2.05, 4.69) is 42.6 Å². The van der Waals surface area contributed by atoms with Gasteiger partial charge in [-0.2, -0.15) is 0 Å². The Kier molecular flexibility index (Phi) is 10.1. The Balaban J connectivity index is 0.000000321. The van der Waals surface area contributed by atoms with Gasteiger partial charge in [0, 0.05) is 30.2 Å². The van der Waals surface area contributed by atoms with Crippen molar-refractivity contribution in [3.8, 4) is 0 Å².